The van der Waals surface area contributed by atoms with Crippen molar-refractivity contribution in [3.05, 3.63) is 125 Å². The van der Waals surface area contributed by atoms with Crippen LogP contribution in [0.15, 0.2) is 85.2 Å². The number of hydrogen-bond acceptors (Lipinski definition) is 3. The number of nitrogens with zero attached hydrogens (tertiary/aromatic N) is 3. The molecule has 1 saturated carbocycles. The third kappa shape index (κ3) is 5.99. The molecule has 2 aliphatic rings. The van der Waals surface area contributed by atoms with Crippen LogP contribution in [-0.4, -0.2) is 15.0 Å². The van der Waals surface area contributed by atoms with E-state index in [1.807, 2.05) is 61.8 Å². The average molecular weight is 706 g/mol. The average Bonchev–Trinajstić information content (AvgIpc) is 3.43. The summed E-state index contributed by atoms with van der Waals surface area (Å²) in [4.78, 5) is 13.3. The number of hydrogen-bond donors (Lipinski definition) is 0. The van der Waals surface area contributed by atoms with Crippen molar-refractivity contribution < 1.29 is 28.3 Å². The smallest absolute Gasteiger partial charge is 0.0832 e. The molecule has 0 aliphatic heterocycles. The summed E-state index contributed by atoms with van der Waals surface area (Å²) < 4.78 is 47.7. The van der Waals surface area contributed by atoms with Gasteiger partial charge in [-0.25, -0.2) is 0 Å². The van der Waals surface area contributed by atoms with Gasteiger partial charge in [-0.3, -0.25) is 4.98 Å². The Hall–Kier alpha value is -3.46. The predicted octanol–water partition coefficient (Wildman–Crippen LogP) is 8.73. The molecule has 0 bridgehead atoms. The zero-order valence-corrected chi connectivity index (χ0v) is 24.7. The summed E-state index contributed by atoms with van der Waals surface area (Å²) in [5, 5.41) is 0. The Kier molecular flexibility index (Phi) is 6.82. The third-order valence-electron chi connectivity index (χ3n) is 7.55. The monoisotopic (exact) mass is 706 g/mol. The van der Waals surface area contributed by atoms with E-state index in [2.05, 4.69) is 28.2 Å². The normalized spacial score (nSPS) is 16.3. The molecule has 4 heteroatoms. The Labute approximate surface area is 260 Å². The number of pyridine rings is 3. The molecule has 0 spiro atoms. The quantitative estimate of drug-likeness (QED) is 0.173. The molecule has 0 saturated heterocycles. The van der Waals surface area contributed by atoms with Crippen LogP contribution in [0, 0.1) is 25.9 Å². The van der Waals surface area contributed by atoms with Crippen LogP contribution in [0.1, 0.15) is 74.2 Å². The molecule has 0 unspecified atom stereocenters. The molecule has 3 nitrogen and oxygen atoms in total. The van der Waals surface area contributed by atoms with Gasteiger partial charge in [0.15, 0.2) is 0 Å². The number of aryl methyl sites for hydroxylation is 1. The SMILES string of the molecule is Cc1ccc(-c2[c-]cccc2)nc1.[2H]c1nc(-c2[c-]ccc3c2Cc2c-3ccnc2C2CCCCC2)c([2H])c([2H])c1C([2H])([2H])[2H].[Ir]. The van der Waals surface area contributed by atoms with E-state index in [-0.39, 0.29) is 31.8 Å². The number of benzene rings is 2. The van der Waals surface area contributed by atoms with Gasteiger partial charge in [0.2, 0.25) is 0 Å². The third-order valence-corrected chi connectivity index (χ3v) is 7.55. The van der Waals surface area contributed by atoms with E-state index in [1.165, 1.54) is 30.4 Å². The molecular formula is C36H33IrN3-2. The maximum absolute atomic E-state index is 8.46. The Morgan fingerprint density at radius 1 is 0.825 bits per heavy atom. The van der Waals surface area contributed by atoms with E-state index in [0.29, 0.717) is 17.9 Å². The van der Waals surface area contributed by atoms with Gasteiger partial charge >= 0.3 is 0 Å². The molecule has 0 atom stereocenters. The van der Waals surface area contributed by atoms with Gasteiger partial charge in [-0.05, 0) is 72.7 Å². The zero-order chi connectivity index (χ0) is 31.7. The Bertz CT molecular complexity index is 1840. The van der Waals surface area contributed by atoms with Crippen LogP contribution in [0.3, 0.4) is 0 Å². The van der Waals surface area contributed by atoms with Gasteiger partial charge in [-0.1, -0.05) is 49.0 Å². The summed E-state index contributed by atoms with van der Waals surface area (Å²) in [7, 11) is 0. The maximum atomic E-state index is 8.46. The summed E-state index contributed by atoms with van der Waals surface area (Å²) in [6.45, 7) is -0.625. The molecule has 0 amide bonds. The molecular weight excluding hydrogens is 667 g/mol. The van der Waals surface area contributed by atoms with Crippen LogP contribution in [-0.2, 0) is 26.5 Å². The van der Waals surface area contributed by atoms with Gasteiger partial charge in [0, 0.05) is 54.4 Å². The summed E-state index contributed by atoms with van der Waals surface area (Å²) in [5.41, 5.74) is 8.91. The fraction of sp³-hybridized carbons (Fsp3) is 0.250. The van der Waals surface area contributed by atoms with Gasteiger partial charge in [0.25, 0.3) is 0 Å². The van der Waals surface area contributed by atoms with Crippen molar-refractivity contribution in [3.63, 3.8) is 0 Å². The van der Waals surface area contributed by atoms with Crippen molar-refractivity contribution in [3.8, 4) is 33.6 Å². The van der Waals surface area contributed by atoms with Gasteiger partial charge < -0.3 is 9.97 Å². The van der Waals surface area contributed by atoms with Gasteiger partial charge in [0.05, 0.1) is 4.11 Å². The van der Waals surface area contributed by atoms with E-state index in [0.717, 1.165) is 46.5 Å². The van der Waals surface area contributed by atoms with E-state index in [4.69, 9.17) is 13.2 Å². The van der Waals surface area contributed by atoms with E-state index in [1.54, 1.807) is 6.07 Å². The van der Waals surface area contributed by atoms with Crippen LogP contribution in [0.4, 0.5) is 0 Å². The molecule has 2 aromatic carbocycles. The van der Waals surface area contributed by atoms with E-state index < -0.39 is 24.6 Å². The molecule has 203 valence electrons. The molecule has 3 heterocycles. The predicted molar refractivity (Wildman–Crippen MR) is 158 cm³/mol. The largest absolute Gasteiger partial charge is 0.304 e. The van der Waals surface area contributed by atoms with Crippen molar-refractivity contribution in [2.45, 2.75) is 58.2 Å². The topological polar surface area (TPSA) is 38.7 Å². The molecule has 2 aliphatic carbocycles. The summed E-state index contributed by atoms with van der Waals surface area (Å²) >= 11 is 0. The summed E-state index contributed by atoms with van der Waals surface area (Å²) in [6, 6.07) is 23.3. The zero-order valence-electron chi connectivity index (χ0n) is 28.3. The first-order chi connectivity index (χ1) is 21.6. The first-order valence-corrected chi connectivity index (χ1v) is 13.5. The van der Waals surface area contributed by atoms with Gasteiger partial charge in [-0.2, -0.15) is 0 Å². The number of fused-ring (bicyclic) bond motifs is 3. The molecule has 5 aromatic rings. The Balaban J connectivity index is 0.000000250. The van der Waals surface area contributed by atoms with Crippen LogP contribution >= 0.6 is 0 Å². The second-order valence-electron chi connectivity index (χ2n) is 10.2. The standard InChI is InChI=1S/C24H23N2.C12H10N.Ir/c1-16-10-11-23(26-15-16)20-9-5-8-18-19-12-13-25-24(22(19)14-21(18)20)17-6-3-2-4-7-17;1-10-7-8-12(13-9-10)11-5-3-2-4-6-11;/h5,8,10-13,15,17H,2-4,6-7,14H2,1H3;2-5,7-9H,1H3;/q2*-1;/i1D3,10D,11D,15D;;. The minimum absolute atomic E-state index is 0. The van der Waals surface area contributed by atoms with Crippen molar-refractivity contribution in [2.24, 2.45) is 0 Å². The fourth-order valence-corrected chi connectivity index (χ4v) is 5.62. The molecule has 7 rings (SSSR count). The Morgan fingerprint density at radius 3 is 2.48 bits per heavy atom. The first kappa shape index (κ1) is 21.3. The number of aromatic nitrogens is 3. The van der Waals surface area contributed by atoms with Crippen LogP contribution < -0.4 is 0 Å². The second kappa shape index (κ2) is 12.8. The maximum Gasteiger partial charge on any atom is 0.0832 e. The van der Waals surface area contributed by atoms with E-state index in [9.17, 15) is 0 Å². The molecule has 40 heavy (non-hydrogen) atoms. The second-order valence-corrected chi connectivity index (χ2v) is 10.2. The van der Waals surface area contributed by atoms with Crippen LogP contribution in [0.25, 0.3) is 33.6 Å². The molecule has 3 aromatic heterocycles. The van der Waals surface area contributed by atoms with Crippen molar-refractivity contribution in [1.82, 2.24) is 15.0 Å². The minimum atomic E-state index is -2.66. The van der Waals surface area contributed by atoms with E-state index >= 15 is 0 Å². The van der Waals surface area contributed by atoms with Crippen LogP contribution in [0.5, 0.6) is 0 Å². The first-order valence-electron chi connectivity index (χ1n) is 16.5. The molecule has 1 fully saturated rings. The molecule has 0 N–H and O–H groups in total. The van der Waals surface area contributed by atoms with Crippen molar-refractivity contribution in [1.29, 1.82) is 0 Å². The molecule has 1 radical (unpaired) electrons. The Morgan fingerprint density at radius 2 is 1.70 bits per heavy atom. The minimum Gasteiger partial charge on any atom is -0.304 e. The van der Waals surface area contributed by atoms with Gasteiger partial charge in [-0.15, -0.1) is 65.2 Å². The van der Waals surface area contributed by atoms with Crippen molar-refractivity contribution >= 4 is 0 Å². The fourth-order valence-electron chi connectivity index (χ4n) is 5.62. The number of rotatable bonds is 3. The summed E-state index contributed by atoms with van der Waals surface area (Å²) in [6.07, 6.45) is 9.93. The summed E-state index contributed by atoms with van der Waals surface area (Å²) in [5.74, 6) is 0.462. The van der Waals surface area contributed by atoms with Gasteiger partial charge in [0.1, 0.15) is 0 Å². The van der Waals surface area contributed by atoms with Crippen LogP contribution in [0.2, 0.25) is 0 Å². The van der Waals surface area contributed by atoms with Crippen molar-refractivity contribution in [2.75, 3.05) is 0 Å².